The third-order valence-corrected chi connectivity index (χ3v) is 5.12. The van der Waals surface area contributed by atoms with E-state index >= 15 is 0 Å². The number of anilines is 4. The van der Waals surface area contributed by atoms with Crippen LogP contribution in [-0.2, 0) is 6.54 Å². The molecule has 6 nitrogen and oxygen atoms in total. The maximum absolute atomic E-state index is 4.54. The van der Waals surface area contributed by atoms with Gasteiger partial charge in [-0.15, -0.1) is 0 Å². The van der Waals surface area contributed by atoms with Gasteiger partial charge in [-0.25, -0.2) is 4.98 Å². The van der Waals surface area contributed by atoms with E-state index in [1.165, 1.54) is 18.5 Å². The molecule has 3 aromatic rings. The molecule has 6 heteroatoms. The van der Waals surface area contributed by atoms with Crippen molar-refractivity contribution in [1.82, 2.24) is 15.0 Å². The van der Waals surface area contributed by atoms with E-state index in [1.807, 2.05) is 24.4 Å². The van der Waals surface area contributed by atoms with E-state index in [-0.39, 0.29) is 0 Å². The van der Waals surface area contributed by atoms with Crippen LogP contribution in [0.4, 0.5) is 23.1 Å². The number of pyridine rings is 1. The van der Waals surface area contributed by atoms with Gasteiger partial charge in [0.2, 0.25) is 5.95 Å². The zero-order valence-electron chi connectivity index (χ0n) is 16.2. The van der Waals surface area contributed by atoms with E-state index in [2.05, 4.69) is 61.7 Å². The van der Waals surface area contributed by atoms with Crippen molar-refractivity contribution in [3.63, 3.8) is 0 Å². The molecule has 0 aliphatic carbocycles. The lowest BCUT2D eigenvalue weighted by molar-refractivity contribution is 0.438. The molecule has 1 fully saturated rings. The van der Waals surface area contributed by atoms with E-state index in [1.54, 1.807) is 12.4 Å². The number of nitrogens with one attached hydrogen (secondary N) is 2. The number of hydrogen-bond acceptors (Lipinski definition) is 6. The predicted octanol–water partition coefficient (Wildman–Crippen LogP) is 4.46. The number of aromatic nitrogens is 3. The molecule has 144 valence electrons. The minimum Gasteiger partial charge on any atom is -0.372 e. The molecule has 1 aliphatic rings. The van der Waals surface area contributed by atoms with Gasteiger partial charge in [0, 0.05) is 49.6 Å². The van der Waals surface area contributed by atoms with Gasteiger partial charge < -0.3 is 15.5 Å². The maximum atomic E-state index is 4.54. The van der Waals surface area contributed by atoms with Crippen LogP contribution in [0.3, 0.4) is 0 Å². The van der Waals surface area contributed by atoms with Crippen LogP contribution in [0.1, 0.15) is 25.3 Å². The highest BCUT2D eigenvalue weighted by Crippen LogP contribution is 2.25. The molecule has 0 unspecified atom stereocenters. The predicted molar refractivity (Wildman–Crippen MR) is 114 cm³/mol. The summed E-state index contributed by atoms with van der Waals surface area (Å²) < 4.78 is 0. The average molecular weight is 374 g/mol. The van der Waals surface area contributed by atoms with Crippen LogP contribution in [0.15, 0.2) is 61.1 Å². The fourth-order valence-electron chi connectivity index (χ4n) is 3.37. The molecule has 0 amide bonds. The van der Waals surface area contributed by atoms with Crippen LogP contribution in [0.25, 0.3) is 0 Å². The minimum absolute atomic E-state index is 0.591. The lowest BCUT2D eigenvalue weighted by atomic mass is 9.99. The monoisotopic (exact) mass is 374 g/mol. The fourth-order valence-corrected chi connectivity index (χ4v) is 3.37. The molecular formula is C22H26N6. The highest BCUT2D eigenvalue weighted by atomic mass is 15.1. The fraction of sp³-hybridized carbons (Fsp3) is 0.318. The van der Waals surface area contributed by atoms with Crippen molar-refractivity contribution >= 4 is 23.1 Å². The van der Waals surface area contributed by atoms with E-state index in [4.69, 9.17) is 0 Å². The van der Waals surface area contributed by atoms with Crippen molar-refractivity contribution in [3.8, 4) is 0 Å². The van der Waals surface area contributed by atoms with Crippen molar-refractivity contribution in [2.24, 2.45) is 5.92 Å². The van der Waals surface area contributed by atoms with Crippen LogP contribution in [0.2, 0.25) is 0 Å². The summed E-state index contributed by atoms with van der Waals surface area (Å²) in [4.78, 5) is 15.4. The van der Waals surface area contributed by atoms with E-state index in [0.717, 1.165) is 36.1 Å². The summed E-state index contributed by atoms with van der Waals surface area (Å²) in [6, 6.07) is 14.4. The number of rotatable bonds is 6. The molecule has 1 saturated heterocycles. The quantitative estimate of drug-likeness (QED) is 0.664. The molecule has 0 radical (unpaired) electrons. The summed E-state index contributed by atoms with van der Waals surface area (Å²) in [5, 5.41) is 6.59. The lowest BCUT2D eigenvalue weighted by Gasteiger charge is -2.32. The Morgan fingerprint density at radius 3 is 2.61 bits per heavy atom. The molecule has 1 aliphatic heterocycles. The van der Waals surface area contributed by atoms with Gasteiger partial charge in [-0.2, -0.15) is 4.98 Å². The number of benzene rings is 1. The van der Waals surface area contributed by atoms with Crippen molar-refractivity contribution < 1.29 is 0 Å². The molecule has 4 rings (SSSR count). The molecule has 0 atom stereocenters. The molecule has 0 bridgehead atoms. The Hall–Kier alpha value is -3.15. The first kappa shape index (κ1) is 18.2. The maximum Gasteiger partial charge on any atom is 0.224 e. The Morgan fingerprint density at radius 1 is 1.04 bits per heavy atom. The van der Waals surface area contributed by atoms with Gasteiger partial charge in [0.1, 0.15) is 5.82 Å². The molecule has 0 spiro atoms. The molecule has 2 aromatic heterocycles. The van der Waals surface area contributed by atoms with Gasteiger partial charge in [0.05, 0.1) is 0 Å². The van der Waals surface area contributed by atoms with Crippen LogP contribution in [-0.4, -0.2) is 28.0 Å². The minimum atomic E-state index is 0.591. The van der Waals surface area contributed by atoms with Crippen molar-refractivity contribution in [1.29, 1.82) is 0 Å². The average Bonchev–Trinajstić information content (AvgIpc) is 2.75. The van der Waals surface area contributed by atoms with Crippen LogP contribution < -0.4 is 15.5 Å². The summed E-state index contributed by atoms with van der Waals surface area (Å²) >= 11 is 0. The Morgan fingerprint density at radius 2 is 1.86 bits per heavy atom. The second kappa shape index (κ2) is 8.69. The Bertz CT molecular complexity index is 873. The molecular weight excluding hydrogens is 348 g/mol. The second-order valence-corrected chi connectivity index (χ2v) is 7.32. The van der Waals surface area contributed by atoms with Crippen LogP contribution in [0.5, 0.6) is 0 Å². The second-order valence-electron chi connectivity index (χ2n) is 7.32. The molecule has 1 aromatic carbocycles. The Balaban J connectivity index is 1.36. The van der Waals surface area contributed by atoms with Crippen LogP contribution in [0, 0.1) is 5.92 Å². The van der Waals surface area contributed by atoms with Crippen molar-refractivity contribution in [2.75, 3.05) is 28.6 Å². The lowest BCUT2D eigenvalue weighted by Crippen LogP contribution is -2.32. The van der Waals surface area contributed by atoms with Gasteiger partial charge in [-0.3, -0.25) is 4.98 Å². The van der Waals surface area contributed by atoms with Crippen LogP contribution >= 0.6 is 0 Å². The molecule has 28 heavy (non-hydrogen) atoms. The highest BCUT2D eigenvalue weighted by molar-refractivity contribution is 5.61. The molecule has 2 N–H and O–H groups in total. The third kappa shape index (κ3) is 4.76. The van der Waals surface area contributed by atoms with E-state index < -0.39 is 0 Å². The van der Waals surface area contributed by atoms with E-state index in [0.29, 0.717) is 12.5 Å². The summed E-state index contributed by atoms with van der Waals surface area (Å²) in [6.45, 7) is 5.27. The highest BCUT2D eigenvalue weighted by Gasteiger charge is 2.15. The third-order valence-electron chi connectivity index (χ3n) is 5.12. The van der Waals surface area contributed by atoms with Gasteiger partial charge in [0.25, 0.3) is 0 Å². The summed E-state index contributed by atoms with van der Waals surface area (Å²) in [6.07, 6.45) is 7.90. The zero-order valence-corrected chi connectivity index (χ0v) is 16.2. The zero-order chi connectivity index (χ0) is 19.2. The molecule has 0 saturated carbocycles. The first-order chi connectivity index (χ1) is 13.8. The van der Waals surface area contributed by atoms with Gasteiger partial charge in [0.15, 0.2) is 0 Å². The summed E-state index contributed by atoms with van der Waals surface area (Å²) in [7, 11) is 0. The smallest absolute Gasteiger partial charge is 0.224 e. The summed E-state index contributed by atoms with van der Waals surface area (Å²) in [5.74, 6) is 2.20. The van der Waals surface area contributed by atoms with Gasteiger partial charge >= 0.3 is 0 Å². The van der Waals surface area contributed by atoms with Gasteiger partial charge in [-0.1, -0.05) is 13.0 Å². The topological polar surface area (TPSA) is 66.0 Å². The number of hydrogen-bond donors (Lipinski definition) is 2. The Kier molecular flexibility index (Phi) is 5.66. The van der Waals surface area contributed by atoms with Crippen molar-refractivity contribution in [3.05, 3.63) is 66.6 Å². The summed E-state index contributed by atoms with van der Waals surface area (Å²) in [5.41, 5.74) is 3.40. The SMILES string of the molecule is CC1CCN(c2ccc(Nc3ccnc(NCc4cccnc4)n3)cc2)CC1. The first-order valence-electron chi connectivity index (χ1n) is 9.84. The van der Waals surface area contributed by atoms with Crippen molar-refractivity contribution in [2.45, 2.75) is 26.3 Å². The normalized spacial score (nSPS) is 14.7. The Labute approximate surface area is 166 Å². The number of nitrogens with zero attached hydrogens (tertiary/aromatic N) is 4. The largest absolute Gasteiger partial charge is 0.372 e. The first-order valence-corrected chi connectivity index (χ1v) is 9.84. The molecule has 3 heterocycles. The van der Waals surface area contributed by atoms with Gasteiger partial charge in [-0.05, 0) is 60.7 Å². The van der Waals surface area contributed by atoms with E-state index in [9.17, 15) is 0 Å². The number of piperidine rings is 1. The standard InChI is InChI=1S/C22H26N6/c1-17-9-13-28(14-10-17)20-6-4-19(5-7-20)26-21-8-12-24-22(27-21)25-16-18-3-2-11-23-15-18/h2-8,11-12,15,17H,9-10,13-14,16H2,1H3,(H2,24,25,26,27).